The van der Waals surface area contributed by atoms with Gasteiger partial charge in [-0.2, -0.15) is 0 Å². The fraction of sp³-hybridized carbons (Fsp3) is 0.600. The van der Waals surface area contributed by atoms with Gasteiger partial charge in [0.05, 0.1) is 25.5 Å². The van der Waals surface area contributed by atoms with Crippen molar-refractivity contribution in [2.45, 2.75) is 57.0 Å². The molecule has 3 heterocycles. The molecular weight excluding hydrogens is 480 g/mol. The van der Waals surface area contributed by atoms with Crippen LogP contribution in [0.5, 0.6) is 0 Å². The second-order valence-corrected chi connectivity index (χ2v) is 8.95. The highest BCUT2D eigenvalue weighted by atomic mass is 16.6. The zero-order valence-corrected chi connectivity index (χ0v) is 19.9. The lowest BCUT2D eigenvalue weighted by Gasteiger charge is -2.42. The molecular formula is C20H30N8O8. The Morgan fingerprint density at radius 2 is 1.81 bits per heavy atom. The summed E-state index contributed by atoms with van der Waals surface area (Å²) in [6.07, 6.45) is -3.49. The maximum Gasteiger partial charge on any atom is 0.408 e. The first-order valence-corrected chi connectivity index (χ1v) is 11.0. The number of rotatable bonds is 8. The molecule has 198 valence electrons. The summed E-state index contributed by atoms with van der Waals surface area (Å²) < 4.78 is 10.7. The van der Waals surface area contributed by atoms with Gasteiger partial charge >= 0.3 is 6.09 Å². The fourth-order valence-corrected chi connectivity index (χ4v) is 3.37. The van der Waals surface area contributed by atoms with Crippen molar-refractivity contribution in [1.29, 1.82) is 0 Å². The quantitative estimate of drug-likeness (QED) is 0.182. The van der Waals surface area contributed by atoms with Crippen LogP contribution in [0.15, 0.2) is 12.7 Å². The van der Waals surface area contributed by atoms with Crippen LogP contribution in [-0.2, 0) is 19.1 Å². The average molecular weight is 511 g/mol. The molecule has 1 saturated heterocycles. The SMILES string of the molecule is CC(C)(C)OC(=O)NCC(=O)NCC(=O)N[C@@H]1[C@@H](O)[C@H](O)[C@@H](Nc2ncnc3nc[nH]c23)O[C@H]1CO. The standard InChI is InChI=1S/C20H30N8O8/c1-20(2,3)36-19(34)22-4-10(30)21-5-11(31)27-12-9(6-29)35-18(15(33)14(12)32)28-17-13-16(24-7-23-13)25-8-26-17/h7-9,12,14-15,18,29,32-33H,4-6H2,1-3H3,(H,21,30)(H,22,34)(H,27,31)(H2,23,24,25,26,28)/t9-,12-,14+,15-,18-/m0/s1. The van der Waals surface area contributed by atoms with Gasteiger partial charge in [-0.05, 0) is 20.8 Å². The highest BCUT2D eigenvalue weighted by molar-refractivity contribution is 5.87. The number of hydrogen-bond donors (Lipinski definition) is 8. The monoisotopic (exact) mass is 510 g/mol. The van der Waals surface area contributed by atoms with E-state index in [4.69, 9.17) is 9.47 Å². The van der Waals surface area contributed by atoms with Crippen LogP contribution >= 0.6 is 0 Å². The van der Waals surface area contributed by atoms with E-state index in [2.05, 4.69) is 41.2 Å². The Kier molecular flexibility index (Phi) is 8.57. The smallest absolute Gasteiger partial charge is 0.408 e. The van der Waals surface area contributed by atoms with Crippen LogP contribution in [0.1, 0.15) is 20.8 Å². The Morgan fingerprint density at radius 3 is 2.50 bits per heavy atom. The summed E-state index contributed by atoms with van der Waals surface area (Å²) in [4.78, 5) is 50.7. The third-order valence-corrected chi connectivity index (χ3v) is 5.00. The number of H-pyrrole nitrogens is 1. The molecule has 2 aromatic rings. The number of anilines is 1. The first-order chi connectivity index (χ1) is 17.0. The molecule has 1 fully saturated rings. The van der Waals surface area contributed by atoms with Crippen molar-refractivity contribution in [1.82, 2.24) is 35.9 Å². The number of alkyl carbamates (subject to hydrolysis) is 1. The summed E-state index contributed by atoms with van der Waals surface area (Å²) in [6, 6.07) is -1.19. The molecule has 0 bridgehead atoms. The van der Waals surface area contributed by atoms with Crippen LogP contribution in [0.4, 0.5) is 10.6 Å². The Labute approximate surface area is 205 Å². The largest absolute Gasteiger partial charge is 0.444 e. The maximum atomic E-state index is 12.3. The number of nitrogens with one attached hydrogen (secondary N) is 5. The van der Waals surface area contributed by atoms with Gasteiger partial charge in [-0.3, -0.25) is 9.59 Å². The summed E-state index contributed by atoms with van der Waals surface area (Å²) in [6.45, 7) is 3.50. The first-order valence-electron chi connectivity index (χ1n) is 11.0. The van der Waals surface area contributed by atoms with Gasteiger partial charge in [0.15, 0.2) is 17.7 Å². The Balaban J connectivity index is 1.51. The lowest BCUT2D eigenvalue weighted by atomic mass is 9.95. The molecule has 0 radical (unpaired) electrons. The van der Waals surface area contributed by atoms with E-state index >= 15 is 0 Å². The lowest BCUT2D eigenvalue weighted by Crippen LogP contribution is -2.66. The van der Waals surface area contributed by atoms with Crippen LogP contribution in [0, 0.1) is 0 Å². The third kappa shape index (κ3) is 6.97. The number of nitrogens with zero attached hydrogens (tertiary/aromatic N) is 3. The van der Waals surface area contributed by atoms with Crippen molar-refractivity contribution in [2.75, 3.05) is 25.0 Å². The number of amides is 3. The Morgan fingerprint density at radius 1 is 1.08 bits per heavy atom. The van der Waals surface area contributed by atoms with Gasteiger partial charge in [0.2, 0.25) is 11.8 Å². The molecule has 16 heteroatoms. The molecule has 0 spiro atoms. The molecule has 0 saturated carbocycles. The summed E-state index contributed by atoms with van der Waals surface area (Å²) in [7, 11) is 0. The average Bonchev–Trinajstić information content (AvgIpc) is 3.30. The summed E-state index contributed by atoms with van der Waals surface area (Å²) in [5, 5.41) is 40.8. The minimum Gasteiger partial charge on any atom is -0.444 e. The molecule has 3 amide bonds. The minimum atomic E-state index is -1.54. The van der Waals surface area contributed by atoms with Crippen LogP contribution in [0.2, 0.25) is 0 Å². The molecule has 0 unspecified atom stereocenters. The second-order valence-electron chi connectivity index (χ2n) is 8.95. The van der Waals surface area contributed by atoms with Crippen molar-refractivity contribution in [3.05, 3.63) is 12.7 Å². The highest BCUT2D eigenvalue weighted by Gasteiger charge is 2.45. The van der Waals surface area contributed by atoms with Crippen LogP contribution in [0.3, 0.4) is 0 Å². The highest BCUT2D eigenvalue weighted by Crippen LogP contribution is 2.24. The molecule has 8 N–H and O–H groups in total. The number of imidazole rings is 1. The number of carbonyl (C=O) groups is 3. The number of hydrogen-bond acceptors (Lipinski definition) is 12. The van der Waals surface area contributed by atoms with Crippen molar-refractivity contribution < 1.29 is 39.2 Å². The number of aliphatic hydroxyl groups excluding tert-OH is 3. The molecule has 0 aromatic carbocycles. The minimum absolute atomic E-state index is 0.246. The van der Waals surface area contributed by atoms with E-state index in [1.807, 2.05) is 0 Å². The molecule has 5 atom stereocenters. The fourth-order valence-electron chi connectivity index (χ4n) is 3.37. The van der Waals surface area contributed by atoms with Crippen molar-refractivity contribution >= 4 is 34.9 Å². The zero-order valence-electron chi connectivity index (χ0n) is 19.9. The van der Waals surface area contributed by atoms with E-state index in [9.17, 15) is 29.7 Å². The van der Waals surface area contributed by atoms with Gasteiger partial charge in [-0.15, -0.1) is 0 Å². The molecule has 1 aliphatic rings. The predicted octanol–water partition coefficient (Wildman–Crippen LogP) is -2.67. The second kappa shape index (κ2) is 11.4. The summed E-state index contributed by atoms with van der Waals surface area (Å²) in [5.41, 5.74) is 0.0763. The molecule has 36 heavy (non-hydrogen) atoms. The van der Waals surface area contributed by atoms with E-state index in [1.165, 1.54) is 12.7 Å². The third-order valence-electron chi connectivity index (χ3n) is 5.00. The maximum absolute atomic E-state index is 12.3. The van der Waals surface area contributed by atoms with E-state index in [-0.39, 0.29) is 5.82 Å². The molecule has 0 aliphatic carbocycles. The van der Waals surface area contributed by atoms with E-state index in [0.29, 0.717) is 11.2 Å². The van der Waals surface area contributed by atoms with Gasteiger partial charge in [-0.1, -0.05) is 0 Å². The molecule has 1 aliphatic heterocycles. The van der Waals surface area contributed by atoms with Gasteiger partial charge in [0.25, 0.3) is 0 Å². The number of carbonyl (C=O) groups excluding carboxylic acids is 3. The van der Waals surface area contributed by atoms with Crippen LogP contribution in [0.25, 0.3) is 11.2 Å². The normalized spacial score (nSPS) is 24.1. The van der Waals surface area contributed by atoms with Gasteiger partial charge in [0, 0.05) is 0 Å². The zero-order chi connectivity index (χ0) is 26.5. The number of fused-ring (bicyclic) bond motifs is 1. The van der Waals surface area contributed by atoms with E-state index < -0.39 is 73.8 Å². The van der Waals surface area contributed by atoms with Crippen molar-refractivity contribution in [3.8, 4) is 0 Å². The first kappa shape index (κ1) is 27.0. The topological polar surface area (TPSA) is 233 Å². The van der Waals surface area contributed by atoms with Crippen molar-refractivity contribution in [2.24, 2.45) is 0 Å². The van der Waals surface area contributed by atoms with E-state index in [1.54, 1.807) is 20.8 Å². The number of ether oxygens (including phenoxy) is 2. The number of aromatic nitrogens is 4. The van der Waals surface area contributed by atoms with Gasteiger partial charge in [-0.25, -0.2) is 19.7 Å². The molecule has 16 nitrogen and oxygen atoms in total. The van der Waals surface area contributed by atoms with Gasteiger partial charge < -0.3 is 51.0 Å². The summed E-state index contributed by atoms with van der Waals surface area (Å²) >= 11 is 0. The molecule has 2 aromatic heterocycles. The van der Waals surface area contributed by atoms with Crippen LogP contribution in [-0.4, -0.2) is 109 Å². The van der Waals surface area contributed by atoms with E-state index in [0.717, 1.165) is 0 Å². The number of aliphatic hydroxyl groups is 3. The lowest BCUT2D eigenvalue weighted by molar-refractivity contribution is -0.185. The Hall–Kier alpha value is -3.60. The predicted molar refractivity (Wildman–Crippen MR) is 122 cm³/mol. The summed E-state index contributed by atoms with van der Waals surface area (Å²) in [5.74, 6) is -1.13. The van der Waals surface area contributed by atoms with Crippen molar-refractivity contribution in [3.63, 3.8) is 0 Å². The van der Waals surface area contributed by atoms with Crippen LogP contribution < -0.4 is 21.3 Å². The Bertz CT molecular complexity index is 1070. The number of aromatic amines is 1. The molecule has 3 rings (SSSR count). The van der Waals surface area contributed by atoms with Gasteiger partial charge in [0.1, 0.15) is 42.3 Å².